The molecule has 0 atom stereocenters. The van der Waals surface area contributed by atoms with Crippen molar-refractivity contribution < 1.29 is 0 Å². The Morgan fingerprint density at radius 1 is 1.08 bits per heavy atom. The molecule has 0 radical (unpaired) electrons. The lowest BCUT2D eigenvalue weighted by Crippen LogP contribution is -1.92. The number of nitrogens with zero attached hydrogens (tertiary/aromatic N) is 2. The van der Waals surface area contributed by atoms with E-state index in [9.17, 15) is 0 Å². The molecule has 0 amide bonds. The van der Waals surface area contributed by atoms with Crippen molar-refractivity contribution in [2.24, 2.45) is 0 Å². The van der Waals surface area contributed by atoms with Crippen LogP contribution in [0.25, 0.3) is 5.69 Å². The summed E-state index contributed by atoms with van der Waals surface area (Å²) in [6, 6.07) is 7.39. The number of hydrogen-bond acceptors (Lipinski definition) is 1. The third-order valence-corrected chi connectivity index (χ3v) is 2.17. The van der Waals surface area contributed by atoms with Gasteiger partial charge < -0.3 is 4.57 Å². The SMILES string of the molecule is Clc1ccc(-n2cccc2)c(Cl)n1. The van der Waals surface area contributed by atoms with Crippen LogP contribution in [0.15, 0.2) is 36.7 Å². The van der Waals surface area contributed by atoms with Gasteiger partial charge in [0.05, 0.1) is 5.69 Å². The van der Waals surface area contributed by atoms with Crippen molar-refractivity contribution >= 4 is 23.2 Å². The third kappa shape index (κ3) is 1.69. The van der Waals surface area contributed by atoms with Gasteiger partial charge in [0.2, 0.25) is 0 Å². The molecule has 0 unspecified atom stereocenters. The molecule has 0 aromatic carbocycles. The second kappa shape index (κ2) is 3.40. The predicted octanol–water partition coefficient (Wildman–Crippen LogP) is 3.18. The van der Waals surface area contributed by atoms with E-state index in [-0.39, 0.29) is 0 Å². The molecular weight excluding hydrogens is 207 g/mol. The highest BCUT2D eigenvalue weighted by Crippen LogP contribution is 2.20. The normalized spacial score (nSPS) is 10.3. The van der Waals surface area contributed by atoms with Crippen molar-refractivity contribution in [3.05, 3.63) is 47.0 Å². The molecular formula is C9H6Cl2N2. The molecule has 2 heterocycles. The van der Waals surface area contributed by atoms with Gasteiger partial charge in [-0.3, -0.25) is 0 Å². The summed E-state index contributed by atoms with van der Waals surface area (Å²) in [5.74, 6) is 0. The van der Waals surface area contributed by atoms with Crippen molar-refractivity contribution in [3.63, 3.8) is 0 Å². The summed E-state index contributed by atoms with van der Waals surface area (Å²) in [5, 5.41) is 0.810. The maximum absolute atomic E-state index is 5.90. The van der Waals surface area contributed by atoms with E-state index in [0.717, 1.165) is 5.69 Å². The van der Waals surface area contributed by atoms with Crippen LogP contribution >= 0.6 is 23.2 Å². The van der Waals surface area contributed by atoms with E-state index in [1.54, 1.807) is 6.07 Å². The Labute approximate surface area is 85.7 Å². The Hall–Kier alpha value is -0.990. The van der Waals surface area contributed by atoms with Crippen molar-refractivity contribution in [2.45, 2.75) is 0 Å². The van der Waals surface area contributed by atoms with Crippen LogP contribution in [-0.4, -0.2) is 9.55 Å². The minimum Gasteiger partial charge on any atom is -0.321 e. The van der Waals surface area contributed by atoms with Gasteiger partial charge in [-0.05, 0) is 24.3 Å². The maximum Gasteiger partial charge on any atom is 0.154 e. The topological polar surface area (TPSA) is 17.8 Å². The first-order valence-electron chi connectivity index (χ1n) is 3.73. The highest BCUT2D eigenvalue weighted by atomic mass is 35.5. The van der Waals surface area contributed by atoms with Gasteiger partial charge in [0, 0.05) is 12.4 Å². The molecule has 0 fully saturated rings. The van der Waals surface area contributed by atoms with E-state index < -0.39 is 0 Å². The molecule has 4 heteroatoms. The number of aromatic nitrogens is 2. The van der Waals surface area contributed by atoms with Gasteiger partial charge >= 0.3 is 0 Å². The number of pyridine rings is 1. The first kappa shape index (κ1) is 8.60. The van der Waals surface area contributed by atoms with Crippen molar-refractivity contribution in [2.75, 3.05) is 0 Å². The molecule has 0 spiro atoms. The van der Waals surface area contributed by atoms with Gasteiger partial charge in [0.25, 0.3) is 0 Å². The van der Waals surface area contributed by atoms with Crippen molar-refractivity contribution in [3.8, 4) is 5.69 Å². The minimum atomic E-state index is 0.404. The molecule has 2 aromatic rings. The predicted molar refractivity (Wildman–Crippen MR) is 53.6 cm³/mol. The fourth-order valence-corrected chi connectivity index (χ4v) is 1.53. The molecule has 0 bridgehead atoms. The first-order chi connectivity index (χ1) is 6.27. The molecule has 2 nitrogen and oxygen atoms in total. The molecule has 2 rings (SSSR count). The number of halogens is 2. The van der Waals surface area contributed by atoms with Crippen LogP contribution in [-0.2, 0) is 0 Å². The molecule has 13 heavy (non-hydrogen) atoms. The molecule has 0 aliphatic heterocycles. The van der Waals surface area contributed by atoms with Crippen LogP contribution in [0, 0.1) is 0 Å². The lowest BCUT2D eigenvalue weighted by atomic mass is 10.4. The highest BCUT2D eigenvalue weighted by molar-refractivity contribution is 6.33. The zero-order valence-corrected chi connectivity index (χ0v) is 8.13. The van der Waals surface area contributed by atoms with Gasteiger partial charge in [0.15, 0.2) is 5.15 Å². The number of rotatable bonds is 1. The van der Waals surface area contributed by atoms with E-state index in [0.29, 0.717) is 10.3 Å². The Morgan fingerprint density at radius 2 is 1.77 bits per heavy atom. The van der Waals surface area contributed by atoms with Gasteiger partial charge in [-0.1, -0.05) is 23.2 Å². The fourth-order valence-electron chi connectivity index (χ4n) is 1.09. The van der Waals surface area contributed by atoms with E-state index >= 15 is 0 Å². The summed E-state index contributed by atoms with van der Waals surface area (Å²) in [6.45, 7) is 0. The molecule has 66 valence electrons. The lowest BCUT2D eigenvalue weighted by molar-refractivity contribution is 1.06. The lowest BCUT2D eigenvalue weighted by Gasteiger charge is -2.03. The van der Waals surface area contributed by atoms with Crippen molar-refractivity contribution in [1.82, 2.24) is 9.55 Å². The fraction of sp³-hybridized carbons (Fsp3) is 0. The van der Waals surface area contributed by atoms with Crippen LogP contribution < -0.4 is 0 Å². The Bertz CT molecular complexity index is 410. The van der Waals surface area contributed by atoms with E-state index in [1.165, 1.54) is 0 Å². The Kier molecular flexibility index (Phi) is 2.25. The van der Waals surface area contributed by atoms with Gasteiger partial charge in [-0.2, -0.15) is 0 Å². The van der Waals surface area contributed by atoms with Gasteiger partial charge in [-0.15, -0.1) is 0 Å². The second-order valence-corrected chi connectivity index (χ2v) is 3.28. The summed E-state index contributed by atoms with van der Waals surface area (Å²) in [5.41, 5.74) is 0.830. The van der Waals surface area contributed by atoms with E-state index in [1.807, 2.05) is 35.2 Å². The summed E-state index contributed by atoms with van der Waals surface area (Å²) < 4.78 is 1.88. The first-order valence-corrected chi connectivity index (χ1v) is 4.48. The summed E-state index contributed by atoms with van der Waals surface area (Å²) >= 11 is 11.6. The zero-order valence-electron chi connectivity index (χ0n) is 6.61. The van der Waals surface area contributed by atoms with Gasteiger partial charge in [0.1, 0.15) is 5.15 Å². The summed E-state index contributed by atoms with van der Waals surface area (Å²) in [7, 11) is 0. The summed E-state index contributed by atoms with van der Waals surface area (Å²) in [6.07, 6.45) is 3.80. The smallest absolute Gasteiger partial charge is 0.154 e. The Morgan fingerprint density at radius 3 is 2.38 bits per heavy atom. The van der Waals surface area contributed by atoms with Crippen LogP contribution in [0.4, 0.5) is 0 Å². The van der Waals surface area contributed by atoms with Crippen molar-refractivity contribution in [1.29, 1.82) is 0 Å². The van der Waals surface area contributed by atoms with Crippen LogP contribution in [0.5, 0.6) is 0 Å². The van der Waals surface area contributed by atoms with Gasteiger partial charge in [-0.25, -0.2) is 4.98 Å². The number of hydrogen-bond donors (Lipinski definition) is 0. The highest BCUT2D eigenvalue weighted by Gasteiger charge is 2.02. The second-order valence-electron chi connectivity index (χ2n) is 2.53. The largest absolute Gasteiger partial charge is 0.321 e. The molecule has 0 saturated carbocycles. The summed E-state index contributed by atoms with van der Waals surface area (Å²) in [4.78, 5) is 3.94. The zero-order chi connectivity index (χ0) is 9.26. The molecule has 0 aliphatic rings. The third-order valence-electron chi connectivity index (χ3n) is 1.68. The monoisotopic (exact) mass is 212 g/mol. The average Bonchev–Trinajstić information content (AvgIpc) is 2.56. The Balaban J connectivity index is 2.53. The average molecular weight is 213 g/mol. The van der Waals surface area contributed by atoms with E-state index in [2.05, 4.69) is 4.98 Å². The minimum absolute atomic E-state index is 0.404. The maximum atomic E-state index is 5.90. The van der Waals surface area contributed by atoms with Crippen LogP contribution in [0.3, 0.4) is 0 Å². The molecule has 0 saturated heterocycles. The molecule has 0 N–H and O–H groups in total. The molecule has 0 aliphatic carbocycles. The van der Waals surface area contributed by atoms with E-state index in [4.69, 9.17) is 23.2 Å². The molecule has 2 aromatic heterocycles. The quantitative estimate of drug-likeness (QED) is 0.665. The standard InChI is InChI=1S/C9H6Cl2N2/c10-8-4-3-7(9(11)12-8)13-5-1-2-6-13/h1-6H. The van der Waals surface area contributed by atoms with Crippen LogP contribution in [0.1, 0.15) is 0 Å². The van der Waals surface area contributed by atoms with Crippen LogP contribution in [0.2, 0.25) is 10.3 Å².